The second-order valence-electron chi connectivity index (χ2n) is 4.74. The molecule has 2 saturated heterocycles. The van der Waals surface area contributed by atoms with E-state index < -0.39 is 5.41 Å². The molecule has 0 radical (unpaired) electrons. The van der Waals surface area contributed by atoms with Crippen molar-refractivity contribution in [2.75, 3.05) is 26.4 Å². The molecule has 0 bridgehead atoms. The molecule has 2 fully saturated rings. The van der Waals surface area contributed by atoms with Crippen LogP contribution >= 0.6 is 15.9 Å². The second kappa shape index (κ2) is 3.81. The molecule has 0 spiro atoms. The summed E-state index contributed by atoms with van der Waals surface area (Å²) in [4.78, 5) is 0. The Morgan fingerprint density at radius 3 is 2.18 bits per heavy atom. The summed E-state index contributed by atoms with van der Waals surface area (Å²) in [6, 6.07) is 10.5. The van der Waals surface area contributed by atoms with Crippen LogP contribution in [0.2, 0.25) is 0 Å². The Hall–Kier alpha value is -0.890. The molecule has 3 nitrogen and oxygen atoms in total. The first kappa shape index (κ1) is 11.2. The zero-order chi connectivity index (χ0) is 11.9. The maximum absolute atomic E-state index is 9.49. The predicted molar refractivity (Wildman–Crippen MR) is 65.5 cm³/mol. The number of hydrogen-bond donors (Lipinski definition) is 0. The summed E-state index contributed by atoms with van der Waals surface area (Å²) in [5.41, 5.74) is 0.533. The van der Waals surface area contributed by atoms with Gasteiger partial charge in [0.25, 0.3) is 0 Å². The summed E-state index contributed by atoms with van der Waals surface area (Å²) in [5.74, 6) is 0. The monoisotopic (exact) mass is 293 g/mol. The van der Waals surface area contributed by atoms with Gasteiger partial charge in [0.05, 0.1) is 37.9 Å². The minimum Gasteiger partial charge on any atom is -0.379 e. The minimum absolute atomic E-state index is 0.208. The van der Waals surface area contributed by atoms with Crippen LogP contribution in [0.1, 0.15) is 5.56 Å². The summed E-state index contributed by atoms with van der Waals surface area (Å²) in [5, 5.41) is 9.49. The summed E-state index contributed by atoms with van der Waals surface area (Å²) >= 11 is 3.58. The molecule has 0 N–H and O–H groups in total. The zero-order valence-corrected chi connectivity index (χ0v) is 10.9. The molecule has 17 heavy (non-hydrogen) atoms. The van der Waals surface area contributed by atoms with Crippen LogP contribution in [0, 0.1) is 16.7 Å². The molecule has 88 valence electrons. The van der Waals surface area contributed by atoms with Gasteiger partial charge in [0.2, 0.25) is 0 Å². The molecule has 1 aromatic carbocycles. The Balaban J connectivity index is 2.10. The molecule has 4 heteroatoms. The van der Waals surface area contributed by atoms with E-state index in [1.807, 2.05) is 18.2 Å². The van der Waals surface area contributed by atoms with Crippen molar-refractivity contribution in [3.05, 3.63) is 34.3 Å². The van der Waals surface area contributed by atoms with Crippen molar-refractivity contribution < 1.29 is 9.47 Å². The number of hydrogen-bond acceptors (Lipinski definition) is 3. The van der Waals surface area contributed by atoms with Gasteiger partial charge in [0, 0.05) is 4.47 Å². The SMILES string of the molecule is N#CC1(C2(c3ccccc3Br)COC2)COC1. The highest BCUT2D eigenvalue weighted by molar-refractivity contribution is 9.10. The summed E-state index contributed by atoms with van der Waals surface area (Å²) in [6.07, 6.45) is 0. The third-order valence-corrected chi connectivity index (χ3v) is 4.60. The van der Waals surface area contributed by atoms with E-state index in [4.69, 9.17) is 9.47 Å². The van der Waals surface area contributed by atoms with Crippen LogP contribution in [0.25, 0.3) is 0 Å². The van der Waals surface area contributed by atoms with Crippen molar-refractivity contribution in [3.63, 3.8) is 0 Å². The smallest absolute Gasteiger partial charge is 0.118 e. The summed E-state index contributed by atoms with van der Waals surface area (Å²) in [6.45, 7) is 2.22. The highest BCUT2D eigenvalue weighted by Crippen LogP contribution is 2.52. The van der Waals surface area contributed by atoms with Gasteiger partial charge in [-0.1, -0.05) is 34.1 Å². The topological polar surface area (TPSA) is 42.2 Å². The van der Waals surface area contributed by atoms with Crippen molar-refractivity contribution in [2.24, 2.45) is 5.41 Å². The molecule has 2 aliphatic heterocycles. The van der Waals surface area contributed by atoms with Gasteiger partial charge in [-0.3, -0.25) is 0 Å². The van der Waals surface area contributed by atoms with Gasteiger partial charge in [0.1, 0.15) is 5.41 Å². The number of rotatable bonds is 2. The van der Waals surface area contributed by atoms with Crippen molar-refractivity contribution in [3.8, 4) is 6.07 Å². The van der Waals surface area contributed by atoms with E-state index >= 15 is 0 Å². The van der Waals surface area contributed by atoms with E-state index in [0.717, 1.165) is 10.0 Å². The van der Waals surface area contributed by atoms with Crippen LogP contribution in [-0.4, -0.2) is 26.4 Å². The van der Waals surface area contributed by atoms with Crippen molar-refractivity contribution in [2.45, 2.75) is 5.41 Å². The van der Waals surface area contributed by atoms with E-state index in [1.54, 1.807) is 0 Å². The molecule has 0 atom stereocenters. The first-order chi connectivity index (χ1) is 8.24. The zero-order valence-electron chi connectivity index (χ0n) is 9.28. The molecule has 0 aliphatic carbocycles. The third kappa shape index (κ3) is 1.33. The van der Waals surface area contributed by atoms with Crippen molar-refractivity contribution in [1.29, 1.82) is 5.26 Å². The predicted octanol–water partition coefficient (Wildman–Crippen LogP) is 2.26. The molecule has 0 aromatic heterocycles. The minimum atomic E-state index is -0.422. The Morgan fingerprint density at radius 2 is 1.76 bits per heavy atom. The van der Waals surface area contributed by atoms with Gasteiger partial charge in [0.15, 0.2) is 0 Å². The largest absolute Gasteiger partial charge is 0.379 e. The Morgan fingerprint density at radius 1 is 1.12 bits per heavy atom. The van der Waals surface area contributed by atoms with Gasteiger partial charge < -0.3 is 9.47 Å². The highest BCUT2D eigenvalue weighted by atomic mass is 79.9. The average Bonchev–Trinajstić information content (AvgIpc) is 2.22. The Kier molecular flexibility index (Phi) is 2.51. The molecule has 2 aliphatic rings. The molecular formula is C13H12BrNO2. The van der Waals surface area contributed by atoms with E-state index in [2.05, 4.69) is 28.1 Å². The number of ether oxygens (including phenoxy) is 2. The fraction of sp³-hybridized carbons (Fsp3) is 0.462. The van der Waals surface area contributed by atoms with E-state index in [9.17, 15) is 5.26 Å². The lowest BCUT2D eigenvalue weighted by Gasteiger charge is -2.55. The molecule has 1 aromatic rings. The van der Waals surface area contributed by atoms with Gasteiger partial charge in [-0.2, -0.15) is 5.26 Å². The summed E-state index contributed by atoms with van der Waals surface area (Å²) < 4.78 is 11.7. The first-order valence-electron chi connectivity index (χ1n) is 5.56. The maximum Gasteiger partial charge on any atom is 0.118 e. The molecule has 2 heterocycles. The quantitative estimate of drug-likeness (QED) is 0.840. The van der Waals surface area contributed by atoms with Crippen LogP contribution in [0.15, 0.2) is 28.7 Å². The standard InChI is InChI=1S/C13H12BrNO2/c14-11-4-2-1-3-10(11)13(8-17-9-13)12(5-15)6-16-7-12/h1-4H,6-9H2. The lowest BCUT2D eigenvalue weighted by Crippen LogP contribution is -2.66. The lowest BCUT2D eigenvalue weighted by molar-refractivity contribution is -0.201. The normalized spacial score (nSPS) is 24.2. The molecular weight excluding hydrogens is 282 g/mol. The van der Waals surface area contributed by atoms with Gasteiger partial charge in [-0.25, -0.2) is 0 Å². The maximum atomic E-state index is 9.49. The van der Waals surface area contributed by atoms with Gasteiger partial charge >= 0.3 is 0 Å². The van der Waals surface area contributed by atoms with Crippen molar-refractivity contribution in [1.82, 2.24) is 0 Å². The van der Waals surface area contributed by atoms with E-state index in [1.165, 1.54) is 0 Å². The van der Waals surface area contributed by atoms with Crippen LogP contribution in [0.5, 0.6) is 0 Å². The van der Waals surface area contributed by atoms with Crippen LogP contribution in [0.3, 0.4) is 0 Å². The fourth-order valence-corrected chi connectivity index (χ4v) is 3.26. The Labute approximate surface area is 108 Å². The number of halogens is 1. The average molecular weight is 294 g/mol. The van der Waals surface area contributed by atoms with Crippen LogP contribution in [0.4, 0.5) is 0 Å². The van der Waals surface area contributed by atoms with Gasteiger partial charge in [-0.15, -0.1) is 0 Å². The molecule has 3 rings (SSSR count). The van der Waals surface area contributed by atoms with Gasteiger partial charge in [-0.05, 0) is 11.6 Å². The molecule has 0 amide bonds. The number of nitriles is 1. The lowest BCUT2D eigenvalue weighted by atomic mass is 9.58. The number of benzene rings is 1. The fourth-order valence-electron chi connectivity index (χ4n) is 2.60. The van der Waals surface area contributed by atoms with Crippen LogP contribution in [-0.2, 0) is 14.9 Å². The second-order valence-corrected chi connectivity index (χ2v) is 5.60. The Bertz CT molecular complexity index is 486. The van der Waals surface area contributed by atoms with E-state index in [-0.39, 0.29) is 5.41 Å². The highest BCUT2D eigenvalue weighted by Gasteiger charge is 2.62. The molecule has 0 unspecified atom stereocenters. The van der Waals surface area contributed by atoms with Crippen molar-refractivity contribution >= 4 is 15.9 Å². The first-order valence-corrected chi connectivity index (χ1v) is 6.35. The third-order valence-electron chi connectivity index (χ3n) is 3.91. The summed E-state index contributed by atoms with van der Waals surface area (Å²) in [7, 11) is 0. The molecule has 0 saturated carbocycles. The van der Waals surface area contributed by atoms with E-state index in [0.29, 0.717) is 26.4 Å². The van der Waals surface area contributed by atoms with Crippen LogP contribution < -0.4 is 0 Å². The number of nitrogens with zero attached hydrogens (tertiary/aromatic N) is 1.